The predicted molar refractivity (Wildman–Crippen MR) is 106 cm³/mol. The van der Waals surface area contributed by atoms with Crippen molar-refractivity contribution in [3.8, 4) is 5.75 Å². The third-order valence-corrected chi connectivity index (χ3v) is 4.24. The van der Waals surface area contributed by atoms with E-state index in [1.807, 2.05) is 64.1 Å². The van der Waals surface area contributed by atoms with Gasteiger partial charge in [0.1, 0.15) is 5.75 Å². The third kappa shape index (κ3) is 6.13. The van der Waals surface area contributed by atoms with Gasteiger partial charge in [-0.1, -0.05) is 24.3 Å². The van der Waals surface area contributed by atoms with E-state index in [1.54, 1.807) is 6.92 Å². The van der Waals surface area contributed by atoms with Crippen molar-refractivity contribution in [3.63, 3.8) is 0 Å². The number of aryl methyl sites for hydroxylation is 4. The molecule has 0 aliphatic heterocycles. The van der Waals surface area contributed by atoms with Crippen molar-refractivity contribution in [1.82, 2.24) is 0 Å². The largest absolute Gasteiger partial charge is 0.493 e. The minimum absolute atomic E-state index is 0.0779. The monoisotopic (exact) mass is 369 g/mol. The Kier molecular flexibility index (Phi) is 6.99. The van der Waals surface area contributed by atoms with Crippen LogP contribution in [0.2, 0.25) is 0 Å². The molecule has 0 heterocycles. The molecule has 5 nitrogen and oxygen atoms in total. The number of carbonyl (C=O) groups excluding carboxylic acids is 2. The molecule has 0 spiro atoms. The van der Waals surface area contributed by atoms with E-state index >= 15 is 0 Å². The van der Waals surface area contributed by atoms with Gasteiger partial charge in [-0.05, 0) is 69.0 Å². The SMILES string of the molecule is Cc1ccc(C)c(NC(=O)C(C)OC(=O)CCOc2cc(C)ccc2C)c1. The zero-order valence-corrected chi connectivity index (χ0v) is 16.6. The summed E-state index contributed by atoms with van der Waals surface area (Å²) < 4.78 is 10.9. The molecule has 0 aliphatic rings. The van der Waals surface area contributed by atoms with Crippen LogP contribution < -0.4 is 10.1 Å². The van der Waals surface area contributed by atoms with E-state index in [9.17, 15) is 9.59 Å². The molecule has 0 aliphatic carbocycles. The van der Waals surface area contributed by atoms with Crippen LogP contribution in [0.3, 0.4) is 0 Å². The Morgan fingerprint density at radius 3 is 2.30 bits per heavy atom. The van der Waals surface area contributed by atoms with Crippen LogP contribution in [0.15, 0.2) is 36.4 Å². The normalized spacial score (nSPS) is 11.6. The summed E-state index contributed by atoms with van der Waals surface area (Å²) >= 11 is 0. The molecule has 0 saturated carbocycles. The second kappa shape index (κ2) is 9.21. The highest BCUT2D eigenvalue weighted by atomic mass is 16.5. The van der Waals surface area contributed by atoms with Gasteiger partial charge in [0.2, 0.25) is 0 Å². The van der Waals surface area contributed by atoms with Gasteiger partial charge in [-0.3, -0.25) is 9.59 Å². The summed E-state index contributed by atoms with van der Waals surface area (Å²) in [5.41, 5.74) is 4.82. The highest BCUT2D eigenvalue weighted by Crippen LogP contribution is 2.19. The molecule has 0 bridgehead atoms. The smallest absolute Gasteiger partial charge is 0.310 e. The summed E-state index contributed by atoms with van der Waals surface area (Å²) in [6, 6.07) is 11.7. The second-order valence-electron chi connectivity index (χ2n) is 6.81. The molecule has 0 saturated heterocycles. The van der Waals surface area contributed by atoms with Gasteiger partial charge in [-0.25, -0.2) is 0 Å². The molecule has 1 amide bonds. The molecular weight excluding hydrogens is 342 g/mol. The van der Waals surface area contributed by atoms with E-state index in [0.717, 1.165) is 33.7 Å². The van der Waals surface area contributed by atoms with E-state index in [0.29, 0.717) is 0 Å². The van der Waals surface area contributed by atoms with Crippen LogP contribution in [0.25, 0.3) is 0 Å². The molecule has 2 aromatic rings. The Hall–Kier alpha value is -2.82. The highest BCUT2D eigenvalue weighted by Gasteiger charge is 2.18. The van der Waals surface area contributed by atoms with Crippen LogP contribution >= 0.6 is 0 Å². The Balaban J connectivity index is 1.81. The van der Waals surface area contributed by atoms with Crippen molar-refractivity contribution in [2.24, 2.45) is 0 Å². The Morgan fingerprint density at radius 1 is 0.963 bits per heavy atom. The Labute approximate surface area is 160 Å². The summed E-state index contributed by atoms with van der Waals surface area (Å²) in [7, 11) is 0. The molecule has 1 N–H and O–H groups in total. The number of benzene rings is 2. The summed E-state index contributed by atoms with van der Waals surface area (Å²) in [6.07, 6.45) is -0.799. The maximum Gasteiger partial charge on any atom is 0.310 e. The van der Waals surface area contributed by atoms with Gasteiger partial charge >= 0.3 is 5.97 Å². The van der Waals surface area contributed by atoms with Gasteiger partial charge in [0, 0.05) is 5.69 Å². The van der Waals surface area contributed by atoms with Crippen molar-refractivity contribution in [3.05, 3.63) is 58.7 Å². The fourth-order valence-electron chi connectivity index (χ4n) is 2.52. The van der Waals surface area contributed by atoms with Crippen molar-refractivity contribution >= 4 is 17.6 Å². The number of rotatable bonds is 7. The summed E-state index contributed by atoms with van der Waals surface area (Å²) in [6.45, 7) is 9.56. The van der Waals surface area contributed by atoms with Crippen molar-refractivity contribution < 1.29 is 19.1 Å². The van der Waals surface area contributed by atoms with Gasteiger partial charge in [-0.15, -0.1) is 0 Å². The topological polar surface area (TPSA) is 64.6 Å². The molecule has 0 aromatic heterocycles. The van der Waals surface area contributed by atoms with E-state index in [4.69, 9.17) is 9.47 Å². The lowest BCUT2D eigenvalue weighted by atomic mass is 10.1. The molecule has 0 fully saturated rings. The second-order valence-corrected chi connectivity index (χ2v) is 6.81. The van der Waals surface area contributed by atoms with E-state index in [2.05, 4.69) is 5.32 Å². The Bertz CT molecular complexity index is 829. The maximum absolute atomic E-state index is 12.3. The number of nitrogens with one attached hydrogen (secondary N) is 1. The van der Waals surface area contributed by atoms with Gasteiger partial charge in [0.15, 0.2) is 6.10 Å². The quantitative estimate of drug-likeness (QED) is 0.741. The number of hydrogen-bond donors (Lipinski definition) is 1. The first kappa shape index (κ1) is 20.5. The molecule has 1 unspecified atom stereocenters. The van der Waals surface area contributed by atoms with Crippen molar-refractivity contribution in [2.45, 2.75) is 47.1 Å². The van der Waals surface area contributed by atoms with Crippen LogP contribution in [0.5, 0.6) is 5.75 Å². The first-order chi connectivity index (χ1) is 12.8. The number of amides is 1. The molecule has 2 aromatic carbocycles. The molecule has 2 rings (SSSR count). The van der Waals surface area contributed by atoms with Gasteiger partial charge in [-0.2, -0.15) is 0 Å². The molecule has 5 heteroatoms. The third-order valence-electron chi connectivity index (χ3n) is 4.24. The van der Waals surface area contributed by atoms with Crippen molar-refractivity contribution in [1.29, 1.82) is 0 Å². The van der Waals surface area contributed by atoms with Crippen LogP contribution in [-0.2, 0) is 14.3 Å². The fourth-order valence-corrected chi connectivity index (χ4v) is 2.52. The number of hydrogen-bond acceptors (Lipinski definition) is 4. The van der Waals surface area contributed by atoms with E-state index in [-0.39, 0.29) is 18.9 Å². The average Bonchev–Trinajstić information content (AvgIpc) is 2.61. The minimum Gasteiger partial charge on any atom is -0.493 e. The van der Waals surface area contributed by atoms with E-state index in [1.165, 1.54) is 0 Å². The number of carbonyl (C=O) groups is 2. The van der Waals surface area contributed by atoms with Gasteiger partial charge < -0.3 is 14.8 Å². The zero-order valence-electron chi connectivity index (χ0n) is 16.6. The van der Waals surface area contributed by atoms with Crippen LogP contribution in [0, 0.1) is 27.7 Å². The molecule has 1 atom stereocenters. The molecule has 27 heavy (non-hydrogen) atoms. The highest BCUT2D eigenvalue weighted by molar-refractivity contribution is 5.95. The first-order valence-electron chi connectivity index (χ1n) is 9.04. The zero-order chi connectivity index (χ0) is 20.0. The Morgan fingerprint density at radius 2 is 1.59 bits per heavy atom. The minimum atomic E-state index is -0.877. The fraction of sp³-hybridized carbons (Fsp3) is 0.364. The summed E-state index contributed by atoms with van der Waals surface area (Å²) in [5.74, 6) is -0.0695. The first-order valence-corrected chi connectivity index (χ1v) is 9.04. The van der Waals surface area contributed by atoms with Crippen LogP contribution in [0.1, 0.15) is 35.6 Å². The van der Waals surface area contributed by atoms with Crippen molar-refractivity contribution in [2.75, 3.05) is 11.9 Å². The molecular formula is C22H27NO4. The maximum atomic E-state index is 12.3. The average molecular weight is 369 g/mol. The van der Waals surface area contributed by atoms with E-state index < -0.39 is 12.1 Å². The molecule has 0 radical (unpaired) electrons. The lowest BCUT2D eigenvalue weighted by Gasteiger charge is -2.15. The van der Waals surface area contributed by atoms with Crippen LogP contribution in [-0.4, -0.2) is 24.6 Å². The number of anilines is 1. The standard InChI is InChI=1S/C22H27NO4/c1-14-6-8-16(3)19(12-14)23-22(25)18(5)27-21(24)10-11-26-20-13-15(2)7-9-17(20)4/h6-9,12-13,18H,10-11H2,1-5H3,(H,23,25). The lowest BCUT2D eigenvalue weighted by molar-refractivity contribution is -0.153. The van der Waals surface area contributed by atoms with Gasteiger partial charge in [0.05, 0.1) is 13.0 Å². The number of esters is 1. The predicted octanol–water partition coefficient (Wildman–Crippen LogP) is 4.26. The molecule has 144 valence electrons. The number of ether oxygens (including phenoxy) is 2. The van der Waals surface area contributed by atoms with Gasteiger partial charge in [0.25, 0.3) is 5.91 Å². The summed E-state index contributed by atoms with van der Waals surface area (Å²) in [4.78, 5) is 24.3. The lowest BCUT2D eigenvalue weighted by Crippen LogP contribution is -2.30. The van der Waals surface area contributed by atoms with Crippen LogP contribution in [0.4, 0.5) is 5.69 Å². The summed E-state index contributed by atoms with van der Waals surface area (Å²) in [5, 5.41) is 2.80.